The number of aryl methyl sites for hydroxylation is 1. The van der Waals surface area contributed by atoms with Crippen molar-refractivity contribution in [3.05, 3.63) is 65.9 Å². The minimum absolute atomic E-state index is 0.124. The second-order valence-corrected chi connectivity index (χ2v) is 5.17. The van der Waals surface area contributed by atoms with E-state index in [1.54, 1.807) is 46.0 Å². The summed E-state index contributed by atoms with van der Waals surface area (Å²) in [5, 5.41) is 11.0. The standard InChI is InChI=1S/C16H16FN5O/c1-12-6-8-18-22(12)11-16(23)19-15-7-9-21(20-15)10-13-4-2-3-5-14(13)17/h2-9H,10-11H2,1H3,(H,19,20,23). The van der Waals surface area contributed by atoms with Crippen LogP contribution in [0.2, 0.25) is 0 Å². The Kier molecular flexibility index (Phi) is 4.18. The molecule has 0 spiro atoms. The Morgan fingerprint density at radius 2 is 2.09 bits per heavy atom. The van der Waals surface area contributed by atoms with Gasteiger partial charge in [0, 0.05) is 29.7 Å². The topological polar surface area (TPSA) is 64.7 Å². The van der Waals surface area contributed by atoms with Crippen LogP contribution in [-0.4, -0.2) is 25.5 Å². The van der Waals surface area contributed by atoms with E-state index in [-0.39, 0.29) is 18.3 Å². The van der Waals surface area contributed by atoms with Crippen LogP contribution in [0, 0.1) is 12.7 Å². The lowest BCUT2D eigenvalue weighted by atomic mass is 10.2. The Hall–Kier alpha value is -2.96. The highest BCUT2D eigenvalue weighted by molar-refractivity contribution is 5.89. The van der Waals surface area contributed by atoms with E-state index in [0.29, 0.717) is 17.9 Å². The summed E-state index contributed by atoms with van der Waals surface area (Å²) in [6.07, 6.45) is 3.34. The van der Waals surface area contributed by atoms with E-state index in [1.807, 2.05) is 13.0 Å². The van der Waals surface area contributed by atoms with Gasteiger partial charge in [-0.25, -0.2) is 4.39 Å². The molecule has 0 aliphatic carbocycles. The Bertz CT molecular complexity index is 823. The number of amides is 1. The number of rotatable bonds is 5. The predicted octanol–water partition coefficient (Wildman–Crippen LogP) is 2.21. The molecule has 3 aromatic rings. The molecule has 118 valence electrons. The molecule has 7 heteroatoms. The van der Waals surface area contributed by atoms with Crippen LogP contribution < -0.4 is 5.32 Å². The van der Waals surface area contributed by atoms with Crippen molar-refractivity contribution in [3.8, 4) is 0 Å². The van der Waals surface area contributed by atoms with Gasteiger partial charge in [0.2, 0.25) is 5.91 Å². The first kappa shape index (κ1) is 15.0. The summed E-state index contributed by atoms with van der Waals surface area (Å²) in [6, 6.07) is 10.0. The highest BCUT2D eigenvalue weighted by atomic mass is 19.1. The third kappa shape index (κ3) is 3.63. The van der Waals surface area contributed by atoms with Crippen LogP contribution in [0.5, 0.6) is 0 Å². The summed E-state index contributed by atoms with van der Waals surface area (Å²) in [5.41, 5.74) is 1.45. The Morgan fingerprint density at radius 1 is 1.26 bits per heavy atom. The van der Waals surface area contributed by atoms with Crippen LogP contribution in [0.1, 0.15) is 11.3 Å². The number of hydrogen-bond donors (Lipinski definition) is 1. The fourth-order valence-corrected chi connectivity index (χ4v) is 2.20. The summed E-state index contributed by atoms with van der Waals surface area (Å²) in [6.45, 7) is 2.31. The van der Waals surface area contributed by atoms with Crippen LogP contribution in [0.15, 0.2) is 48.8 Å². The van der Waals surface area contributed by atoms with Crippen molar-refractivity contribution in [1.82, 2.24) is 19.6 Å². The van der Waals surface area contributed by atoms with Crippen LogP contribution in [0.25, 0.3) is 0 Å². The fourth-order valence-electron chi connectivity index (χ4n) is 2.20. The molecular formula is C16H16FN5O. The maximum atomic E-state index is 13.6. The number of nitrogens with zero attached hydrogens (tertiary/aromatic N) is 4. The molecule has 0 unspecified atom stereocenters. The number of benzene rings is 1. The molecule has 0 aliphatic heterocycles. The molecule has 1 amide bonds. The molecule has 0 radical (unpaired) electrons. The van der Waals surface area contributed by atoms with Gasteiger partial charge < -0.3 is 5.32 Å². The lowest BCUT2D eigenvalue weighted by Gasteiger charge is -2.05. The quantitative estimate of drug-likeness (QED) is 0.785. The molecular weight excluding hydrogens is 297 g/mol. The first-order valence-corrected chi connectivity index (χ1v) is 7.17. The lowest BCUT2D eigenvalue weighted by Crippen LogP contribution is -2.20. The minimum Gasteiger partial charge on any atom is -0.308 e. The first-order chi connectivity index (χ1) is 11.1. The second-order valence-electron chi connectivity index (χ2n) is 5.17. The Labute approximate surface area is 132 Å². The van der Waals surface area contributed by atoms with Gasteiger partial charge in [-0.3, -0.25) is 14.2 Å². The minimum atomic E-state index is -0.275. The van der Waals surface area contributed by atoms with E-state index in [0.717, 1.165) is 5.69 Å². The number of nitrogens with one attached hydrogen (secondary N) is 1. The molecule has 1 aromatic carbocycles. The number of aromatic nitrogens is 4. The summed E-state index contributed by atoms with van der Waals surface area (Å²) in [5.74, 6) is -0.0631. The molecule has 23 heavy (non-hydrogen) atoms. The van der Waals surface area contributed by atoms with E-state index in [2.05, 4.69) is 15.5 Å². The third-order valence-corrected chi connectivity index (χ3v) is 3.42. The zero-order valence-electron chi connectivity index (χ0n) is 12.6. The average molecular weight is 313 g/mol. The molecule has 0 fully saturated rings. The summed E-state index contributed by atoms with van der Waals surface area (Å²) in [4.78, 5) is 12.0. The highest BCUT2D eigenvalue weighted by Gasteiger charge is 2.09. The SMILES string of the molecule is Cc1ccnn1CC(=O)Nc1ccn(Cc2ccccc2F)n1. The van der Waals surface area contributed by atoms with Gasteiger partial charge in [-0.15, -0.1) is 0 Å². The highest BCUT2D eigenvalue weighted by Crippen LogP contribution is 2.10. The number of anilines is 1. The van der Waals surface area contributed by atoms with Gasteiger partial charge in [0.25, 0.3) is 0 Å². The summed E-state index contributed by atoms with van der Waals surface area (Å²) in [7, 11) is 0. The van der Waals surface area contributed by atoms with Crippen molar-refractivity contribution in [2.24, 2.45) is 0 Å². The number of halogens is 1. The number of carbonyl (C=O) groups excluding carboxylic acids is 1. The van der Waals surface area contributed by atoms with Crippen molar-refractivity contribution in [1.29, 1.82) is 0 Å². The maximum Gasteiger partial charge on any atom is 0.247 e. The largest absolute Gasteiger partial charge is 0.308 e. The molecule has 0 saturated heterocycles. The fraction of sp³-hybridized carbons (Fsp3) is 0.188. The molecule has 6 nitrogen and oxygen atoms in total. The van der Waals surface area contributed by atoms with E-state index < -0.39 is 0 Å². The zero-order chi connectivity index (χ0) is 16.2. The van der Waals surface area contributed by atoms with Crippen molar-refractivity contribution in [3.63, 3.8) is 0 Å². The van der Waals surface area contributed by atoms with E-state index in [9.17, 15) is 9.18 Å². The third-order valence-electron chi connectivity index (χ3n) is 3.42. The van der Waals surface area contributed by atoms with E-state index in [1.165, 1.54) is 6.07 Å². The Morgan fingerprint density at radius 3 is 2.83 bits per heavy atom. The van der Waals surface area contributed by atoms with Gasteiger partial charge in [0.05, 0.1) is 6.54 Å². The number of hydrogen-bond acceptors (Lipinski definition) is 3. The average Bonchev–Trinajstić information content (AvgIpc) is 3.11. The van der Waals surface area contributed by atoms with Crippen LogP contribution in [0.4, 0.5) is 10.2 Å². The van der Waals surface area contributed by atoms with Crippen molar-refractivity contribution in [2.75, 3.05) is 5.32 Å². The molecule has 0 bridgehead atoms. The van der Waals surface area contributed by atoms with Crippen LogP contribution in [0.3, 0.4) is 0 Å². The van der Waals surface area contributed by atoms with Gasteiger partial charge >= 0.3 is 0 Å². The Balaban J connectivity index is 1.62. The summed E-state index contributed by atoms with van der Waals surface area (Å²) < 4.78 is 16.8. The van der Waals surface area contributed by atoms with Crippen molar-refractivity contribution >= 4 is 11.7 Å². The summed E-state index contributed by atoms with van der Waals surface area (Å²) >= 11 is 0. The molecule has 0 aliphatic rings. The van der Waals surface area contributed by atoms with E-state index in [4.69, 9.17) is 0 Å². The number of carbonyl (C=O) groups is 1. The van der Waals surface area contributed by atoms with Gasteiger partial charge in [-0.2, -0.15) is 10.2 Å². The molecule has 0 atom stereocenters. The van der Waals surface area contributed by atoms with Gasteiger partial charge in [-0.1, -0.05) is 18.2 Å². The normalized spacial score (nSPS) is 10.7. The molecule has 2 heterocycles. The first-order valence-electron chi connectivity index (χ1n) is 7.17. The van der Waals surface area contributed by atoms with Crippen molar-refractivity contribution in [2.45, 2.75) is 20.0 Å². The van der Waals surface area contributed by atoms with Gasteiger partial charge in [0.1, 0.15) is 12.4 Å². The van der Waals surface area contributed by atoms with Crippen LogP contribution in [-0.2, 0) is 17.9 Å². The smallest absolute Gasteiger partial charge is 0.247 e. The molecule has 2 aromatic heterocycles. The van der Waals surface area contributed by atoms with Crippen molar-refractivity contribution < 1.29 is 9.18 Å². The van der Waals surface area contributed by atoms with Crippen LogP contribution >= 0.6 is 0 Å². The predicted molar refractivity (Wildman–Crippen MR) is 83.3 cm³/mol. The maximum absolute atomic E-state index is 13.6. The lowest BCUT2D eigenvalue weighted by molar-refractivity contribution is -0.117. The molecule has 1 N–H and O–H groups in total. The molecule has 0 saturated carbocycles. The monoisotopic (exact) mass is 313 g/mol. The molecule has 3 rings (SSSR count). The van der Waals surface area contributed by atoms with Gasteiger partial charge in [0.15, 0.2) is 5.82 Å². The van der Waals surface area contributed by atoms with E-state index >= 15 is 0 Å². The second kappa shape index (κ2) is 6.43. The van der Waals surface area contributed by atoms with Gasteiger partial charge in [-0.05, 0) is 19.1 Å². The zero-order valence-corrected chi connectivity index (χ0v) is 12.6.